The van der Waals surface area contributed by atoms with Gasteiger partial charge in [-0.25, -0.2) is 0 Å². The first-order valence-corrected chi connectivity index (χ1v) is 4.27. The summed E-state index contributed by atoms with van der Waals surface area (Å²) < 4.78 is 4.78. The average molecular weight is 196 g/mol. The topological polar surface area (TPSA) is 66.8 Å². The van der Waals surface area contributed by atoms with E-state index in [4.69, 9.17) is 4.74 Å². The lowest BCUT2D eigenvalue weighted by atomic mass is 10.2. The Balaban J connectivity index is 2.98. The lowest BCUT2D eigenvalue weighted by molar-refractivity contribution is -0.134. The van der Waals surface area contributed by atoms with Crippen molar-refractivity contribution in [2.75, 3.05) is 0 Å². The molecule has 0 unspecified atom stereocenters. The van der Waals surface area contributed by atoms with Crippen LogP contribution in [-0.2, 0) is 4.79 Å². The van der Waals surface area contributed by atoms with E-state index in [2.05, 4.69) is 0 Å². The maximum atomic E-state index is 10.9. The van der Waals surface area contributed by atoms with E-state index in [9.17, 15) is 15.0 Å². The Morgan fingerprint density at radius 1 is 1.36 bits per heavy atom. The molecular weight excluding hydrogens is 184 g/mol. The minimum atomic E-state index is -0.455. The van der Waals surface area contributed by atoms with Gasteiger partial charge in [-0.3, -0.25) is 4.79 Å². The van der Waals surface area contributed by atoms with Gasteiger partial charge in [-0.1, -0.05) is 6.92 Å². The van der Waals surface area contributed by atoms with Crippen LogP contribution in [0.3, 0.4) is 0 Å². The second-order valence-electron chi connectivity index (χ2n) is 2.93. The number of ether oxygens (including phenoxy) is 1. The molecule has 1 rings (SSSR count). The van der Waals surface area contributed by atoms with Crippen LogP contribution in [-0.4, -0.2) is 16.2 Å². The normalized spacial score (nSPS) is 9.86. The van der Waals surface area contributed by atoms with Gasteiger partial charge in [0.05, 0.1) is 0 Å². The minimum Gasteiger partial charge on any atom is -0.508 e. The summed E-state index contributed by atoms with van der Waals surface area (Å²) in [5.41, 5.74) is 0.527. The van der Waals surface area contributed by atoms with Crippen molar-refractivity contribution in [3.8, 4) is 17.2 Å². The van der Waals surface area contributed by atoms with E-state index in [1.54, 1.807) is 13.8 Å². The zero-order valence-corrected chi connectivity index (χ0v) is 8.07. The zero-order valence-electron chi connectivity index (χ0n) is 8.07. The summed E-state index contributed by atoms with van der Waals surface area (Å²) in [4.78, 5) is 10.9. The highest BCUT2D eigenvalue weighted by Crippen LogP contribution is 2.32. The predicted octanol–water partition coefficient (Wildman–Crippen LogP) is 1.72. The zero-order chi connectivity index (χ0) is 10.7. The number of hydrogen-bond acceptors (Lipinski definition) is 4. The smallest absolute Gasteiger partial charge is 0.311 e. The number of rotatable bonds is 2. The van der Waals surface area contributed by atoms with Crippen molar-refractivity contribution >= 4 is 5.97 Å². The van der Waals surface area contributed by atoms with E-state index < -0.39 is 5.97 Å². The summed E-state index contributed by atoms with van der Waals surface area (Å²) in [5, 5.41) is 18.7. The Kier molecular flexibility index (Phi) is 2.96. The molecule has 0 saturated heterocycles. The van der Waals surface area contributed by atoms with E-state index in [1.165, 1.54) is 12.1 Å². The van der Waals surface area contributed by atoms with Gasteiger partial charge in [0.25, 0.3) is 0 Å². The Morgan fingerprint density at radius 2 is 2.00 bits per heavy atom. The first kappa shape index (κ1) is 10.4. The van der Waals surface area contributed by atoms with Crippen LogP contribution in [0, 0.1) is 6.92 Å². The Hall–Kier alpha value is -1.71. The molecular formula is C10H12O4. The molecule has 0 aliphatic carbocycles. The summed E-state index contributed by atoms with van der Waals surface area (Å²) in [7, 11) is 0. The minimum absolute atomic E-state index is 0.0123. The standard InChI is InChI=1S/C10H12O4/c1-3-10(13)14-9-5-7(11)6(2)4-8(9)12/h4-5,11-12H,3H2,1-2H3. The number of carbonyl (C=O) groups excluding carboxylic acids is 1. The van der Waals surface area contributed by atoms with Gasteiger partial charge in [0.15, 0.2) is 11.5 Å². The summed E-state index contributed by atoms with van der Waals surface area (Å²) in [5.74, 6) is -0.632. The summed E-state index contributed by atoms with van der Waals surface area (Å²) >= 11 is 0. The molecule has 4 heteroatoms. The third-order valence-electron chi connectivity index (χ3n) is 1.79. The molecule has 0 aliphatic heterocycles. The summed E-state index contributed by atoms with van der Waals surface area (Å²) in [6.45, 7) is 3.29. The molecule has 1 aromatic carbocycles. The fourth-order valence-electron chi connectivity index (χ4n) is 0.939. The summed E-state index contributed by atoms with van der Waals surface area (Å²) in [6, 6.07) is 2.56. The highest BCUT2D eigenvalue weighted by molar-refractivity contribution is 5.73. The highest BCUT2D eigenvalue weighted by Gasteiger charge is 2.09. The molecule has 0 aliphatic rings. The van der Waals surface area contributed by atoms with Crippen molar-refractivity contribution in [1.29, 1.82) is 0 Å². The third-order valence-corrected chi connectivity index (χ3v) is 1.79. The average Bonchev–Trinajstić information content (AvgIpc) is 2.14. The van der Waals surface area contributed by atoms with E-state index in [-0.39, 0.29) is 23.7 Å². The van der Waals surface area contributed by atoms with Gasteiger partial charge in [-0.05, 0) is 18.6 Å². The fraction of sp³-hybridized carbons (Fsp3) is 0.300. The second-order valence-corrected chi connectivity index (χ2v) is 2.93. The number of aryl methyl sites for hydroxylation is 1. The number of esters is 1. The maximum absolute atomic E-state index is 10.9. The molecule has 0 fully saturated rings. The largest absolute Gasteiger partial charge is 0.508 e. The number of phenols is 2. The van der Waals surface area contributed by atoms with Crippen molar-refractivity contribution in [3.63, 3.8) is 0 Å². The lowest BCUT2D eigenvalue weighted by Crippen LogP contribution is -2.05. The first-order chi connectivity index (χ1) is 6.54. The van der Waals surface area contributed by atoms with E-state index in [1.807, 2.05) is 0 Å². The molecule has 0 bridgehead atoms. The van der Waals surface area contributed by atoms with Crippen LogP contribution in [0.2, 0.25) is 0 Å². The number of aromatic hydroxyl groups is 2. The number of carbonyl (C=O) groups is 1. The maximum Gasteiger partial charge on any atom is 0.311 e. The van der Waals surface area contributed by atoms with Crippen LogP contribution >= 0.6 is 0 Å². The lowest BCUT2D eigenvalue weighted by Gasteiger charge is -2.07. The summed E-state index contributed by atoms with van der Waals surface area (Å²) in [6.07, 6.45) is 0.216. The molecule has 0 heterocycles. The molecule has 0 saturated carbocycles. The Bertz CT molecular complexity index is 357. The first-order valence-electron chi connectivity index (χ1n) is 4.27. The van der Waals surface area contributed by atoms with Crippen LogP contribution in [0.15, 0.2) is 12.1 Å². The molecule has 0 atom stereocenters. The van der Waals surface area contributed by atoms with E-state index >= 15 is 0 Å². The molecule has 0 aromatic heterocycles. The molecule has 4 nitrogen and oxygen atoms in total. The van der Waals surface area contributed by atoms with Gasteiger partial charge in [-0.15, -0.1) is 0 Å². The molecule has 1 aromatic rings. The quantitative estimate of drug-likeness (QED) is 0.429. The molecule has 0 radical (unpaired) electrons. The molecule has 2 N–H and O–H groups in total. The van der Waals surface area contributed by atoms with Gasteiger partial charge >= 0.3 is 5.97 Å². The Morgan fingerprint density at radius 3 is 2.57 bits per heavy atom. The van der Waals surface area contributed by atoms with E-state index in [0.717, 1.165) is 0 Å². The van der Waals surface area contributed by atoms with Crippen LogP contribution in [0.5, 0.6) is 17.2 Å². The van der Waals surface area contributed by atoms with Gasteiger partial charge in [0.1, 0.15) is 5.75 Å². The predicted molar refractivity (Wildman–Crippen MR) is 50.4 cm³/mol. The van der Waals surface area contributed by atoms with Crippen molar-refractivity contribution < 1.29 is 19.7 Å². The number of hydrogen-bond donors (Lipinski definition) is 2. The monoisotopic (exact) mass is 196 g/mol. The van der Waals surface area contributed by atoms with E-state index in [0.29, 0.717) is 5.56 Å². The van der Waals surface area contributed by atoms with Gasteiger partial charge < -0.3 is 14.9 Å². The SMILES string of the molecule is CCC(=O)Oc1cc(O)c(C)cc1O. The number of benzene rings is 1. The van der Waals surface area contributed by atoms with Gasteiger partial charge in [0, 0.05) is 12.5 Å². The van der Waals surface area contributed by atoms with Crippen LogP contribution in [0.4, 0.5) is 0 Å². The van der Waals surface area contributed by atoms with Gasteiger partial charge in [0.2, 0.25) is 0 Å². The Labute approximate surface area is 81.8 Å². The molecule has 14 heavy (non-hydrogen) atoms. The van der Waals surface area contributed by atoms with Crippen molar-refractivity contribution in [1.82, 2.24) is 0 Å². The van der Waals surface area contributed by atoms with Crippen molar-refractivity contribution in [3.05, 3.63) is 17.7 Å². The van der Waals surface area contributed by atoms with Crippen LogP contribution in [0.1, 0.15) is 18.9 Å². The highest BCUT2D eigenvalue weighted by atomic mass is 16.5. The fourth-order valence-corrected chi connectivity index (χ4v) is 0.939. The molecule has 76 valence electrons. The van der Waals surface area contributed by atoms with Crippen LogP contribution < -0.4 is 4.74 Å². The van der Waals surface area contributed by atoms with Crippen molar-refractivity contribution in [2.24, 2.45) is 0 Å². The third kappa shape index (κ3) is 2.16. The molecule has 0 spiro atoms. The second kappa shape index (κ2) is 4.00. The van der Waals surface area contributed by atoms with Crippen molar-refractivity contribution in [2.45, 2.75) is 20.3 Å². The molecule has 0 amide bonds. The van der Waals surface area contributed by atoms with Gasteiger partial charge in [-0.2, -0.15) is 0 Å². The van der Waals surface area contributed by atoms with Crippen LogP contribution in [0.25, 0.3) is 0 Å². The number of phenolic OH excluding ortho intramolecular Hbond substituents is 2.